The van der Waals surface area contributed by atoms with Crippen LogP contribution in [0.5, 0.6) is 0 Å². The third kappa shape index (κ3) is 5.78. The number of carbonyl (C=O) groups is 1. The molecule has 0 atom stereocenters. The molecule has 2 heterocycles. The van der Waals surface area contributed by atoms with Gasteiger partial charge in [-0.15, -0.1) is 0 Å². The lowest BCUT2D eigenvalue weighted by Crippen LogP contribution is -2.29. The molecule has 7 heteroatoms. The number of fused-ring (bicyclic) bond motifs is 1. The molecule has 154 valence electrons. The standard InChI is InChI=1S/C13H16FNOS.C9H10N2S/c1-10-8-12(14)2-3-13(10)17-15-6-4-11(9-16)5-7-15;1-5-3-6(2)8-7(4-5)11-9(10)12-8/h2-3,8-9,11H,4-7H2,1H3;3-4H,1-2H3,(H2,10,11). The summed E-state index contributed by atoms with van der Waals surface area (Å²) in [5.41, 5.74) is 10.1. The number of hydrogen-bond acceptors (Lipinski definition) is 6. The van der Waals surface area contributed by atoms with Crippen LogP contribution < -0.4 is 5.73 Å². The Morgan fingerprint density at radius 1 is 1.17 bits per heavy atom. The van der Waals surface area contributed by atoms with Crippen LogP contribution in [0.3, 0.4) is 0 Å². The molecule has 0 bridgehead atoms. The van der Waals surface area contributed by atoms with E-state index in [0.717, 1.165) is 48.2 Å². The average Bonchev–Trinajstić information content (AvgIpc) is 3.06. The minimum atomic E-state index is -0.188. The summed E-state index contributed by atoms with van der Waals surface area (Å²) in [5, 5.41) is 0.652. The summed E-state index contributed by atoms with van der Waals surface area (Å²) < 4.78 is 16.4. The highest BCUT2D eigenvalue weighted by molar-refractivity contribution is 7.97. The molecule has 0 amide bonds. The number of benzene rings is 2. The van der Waals surface area contributed by atoms with Crippen molar-refractivity contribution in [1.82, 2.24) is 9.29 Å². The van der Waals surface area contributed by atoms with Gasteiger partial charge < -0.3 is 10.5 Å². The summed E-state index contributed by atoms with van der Waals surface area (Å²) in [5.74, 6) is 0.0349. The number of nitrogens with two attached hydrogens (primary N) is 1. The molecular formula is C22H26FN3OS2. The van der Waals surface area contributed by atoms with E-state index in [9.17, 15) is 9.18 Å². The number of nitrogen functional groups attached to an aromatic ring is 1. The molecule has 1 saturated heterocycles. The summed E-state index contributed by atoms with van der Waals surface area (Å²) in [6.45, 7) is 7.92. The number of halogens is 1. The van der Waals surface area contributed by atoms with Crippen molar-refractivity contribution in [2.45, 2.75) is 38.5 Å². The van der Waals surface area contributed by atoms with Crippen LogP contribution in [0.15, 0.2) is 35.2 Å². The van der Waals surface area contributed by atoms with Gasteiger partial charge in [-0.2, -0.15) is 0 Å². The summed E-state index contributed by atoms with van der Waals surface area (Å²) in [6.07, 6.45) is 2.92. The fraction of sp³-hybridized carbons (Fsp3) is 0.364. The Hall–Kier alpha value is -1.96. The summed E-state index contributed by atoms with van der Waals surface area (Å²) in [4.78, 5) is 16.0. The van der Waals surface area contributed by atoms with E-state index in [1.54, 1.807) is 29.4 Å². The van der Waals surface area contributed by atoms with Gasteiger partial charge in [0.15, 0.2) is 5.13 Å². The van der Waals surface area contributed by atoms with E-state index in [1.165, 1.54) is 21.9 Å². The molecule has 0 unspecified atom stereocenters. The first-order chi connectivity index (χ1) is 13.9. The van der Waals surface area contributed by atoms with E-state index in [1.807, 2.05) is 13.0 Å². The van der Waals surface area contributed by atoms with Crippen LogP contribution in [-0.4, -0.2) is 28.7 Å². The van der Waals surface area contributed by atoms with Crippen LogP contribution in [0.2, 0.25) is 0 Å². The quantitative estimate of drug-likeness (QED) is 0.435. The Bertz CT molecular complexity index is 997. The van der Waals surface area contributed by atoms with Gasteiger partial charge in [0.25, 0.3) is 0 Å². The average molecular weight is 432 g/mol. The zero-order valence-electron chi connectivity index (χ0n) is 16.9. The lowest BCUT2D eigenvalue weighted by molar-refractivity contribution is -0.112. The molecule has 1 aromatic heterocycles. The zero-order valence-corrected chi connectivity index (χ0v) is 18.6. The number of anilines is 1. The Morgan fingerprint density at radius 2 is 1.90 bits per heavy atom. The van der Waals surface area contributed by atoms with Gasteiger partial charge in [-0.25, -0.2) is 13.7 Å². The molecule has 3 aromatic rings. The van der Waals surface area contributed by atoms with Gasteiger partial charge in [0, 0.05) is 23.9 Å². The van der Waals surface area contributed by atoms with Gasteiger partial charge in [-0.1, -0.05) is 17.4 Å². The van der Waals surface area contributed by atoms with Crippen LogP contribution in [0.4, 0.5) is 9.52 Å². The van der Waals surface area contributed by atoms with Crippen molar-refractivity contribution >= 4 is 44.9 Å². The van der Waals surface area contributed by atoms with Crippen LogP contribution in [0.1, 0.15) is 29.5 Å². The van der Waals surface area contributed by atoms with E-state index in [0.29, 0.717) is 5.13 Å². The van der Waals surface area contributed by atoms with E-state index >= 15 is 0 Å². The highest BCUT2D eigenvalue weighted by Crippen LogP contribution is 2.30. The Balaban J connectivity index is 0.000000176. The number of aryl methyl sites for hydroxylation is 3. The van der Waals surface area contributed by atoms with Crippen molar-refractivity contribution in [3.8, 4) is 0 Å². The molecule has 1 aliphatic heterocycles. The highest BCUT2D eigenvalue weighted by atomic mass is 32.2. The van der Waals surface area contributed by atoms with Gasteiger partial charge in [0.1, 0.15) is 12.1 Å². The second kappa shape index (κ2) is 9.69. The number of thiazole rings is 1. The number of hydrogen-bond donors (Lipinski definition) is 1. The molecule has 4 nitrogen and oxygen atoms in total. The largest absolute Gasteiger partial charge is 0.375 e. The fourth-order valence-corrected chi connectivity index (χ4v) is 5.14. The Kier molecular flexibility index (Phi) is 7.27. The number of rotatable bonds is 3. The van der Waals surface area contributed by atoms with Gasteiger partial charge in [-0.05, 0) is 86.5 Å². The van der Waals surface area contributed by atoms with Crippen molar-refractivity contribution in [1.29, 1.82) is 0 Å². The lowest BCUT2D eigenvalue weighted by Gasteiger charge is -2.28. The molecule has 0 saturated carbocycles. The van der Waals surface area contributed by atoms with Gasteiger partial charge >= 0.3 is 0 Å². The third-order valence-electron chi connectivity index (χ3n) is 4.89. The van der Waals surface area contributed by atoms with Crippen molar-refractivity contribution in [2.75, 3.05) is 18.8 Å². The molecule has 1 aliphatic rings. The second-order valence-electron chi connectivity index (χ2n) is 7.39. The van der Waals surface area contributed by atoms with Crippen LogP contribution in [0.25, 0.3) is 10.2 Å². The minimum Gasteiger partial charge on any atom is -0.375 e. The van der Waals surface area contributed by atoms with Crippen LogP contribution in [-0.2, 0) is 4.79 Å². The number of aromatic nitrogens is 1. The lowest BCUT2D eigenvalue weighted by atomic mass is 10.0. The van der Waals surface area contributed by atoms with Crippen LogP contribution >= 0.6 is 23.3 Å². The highest BCUT2D eigenvalue weighted by Gasteiger charge is 2.19. The summed E-state index contributed by atoms with van der Waals surface area (Å²) >= 11 is 3.22. The van der Waals surface area contributed by atoms with Gasteiger partial charge in [0.2, 0.25) is 0 Å². The first-order valence-electron chi connectivity index (χ1n) is 9.63. The van der Waals surface area contributed by atoms with Gasteiger partial charge in [0.05, 0.1) is 10.2 Å². The van der Waals surface area contributed by atoms with Crippen molar-refractivity contribution in [3.05, 3.63) is 52.8 Å². The van der Waals surface area contributed by atoms with E-state index in [2.05, 4.69) is 35.3 Å². The maximum atomic E-state index is 13.0. The maximum absolute atomic E-state index is 13.0. The predicted molar refractivity (Wildman–Crippen MR) is 121 cm³/mol. The number of carbonyl (C=O) groups excluding carboxylic acids is 1. The zero-order chi connectivity index (χ0) is 21.0. The molecule has 0 radical (unpaired) electrons. The number of nitrogens with zero attached hydrogens (tertiary/aromatic N) is 2. The summed E-state index contributed by atoms with van der Waals surface area (Å²) in [6, 6.07) is 9.09. The second-order valence-corrected chi connectivity index (χ2v) is 9.56. The smallest absolute Gasteiger partial charge is 0.181 e. The minimum absolute atomic E-state index is 0.188. The predicted octanol–water partition coefficient (Wildman–Crippen LogP) is 5.55. The van der Waals surface area contributed by atoms with Crippen molar-refractivity contribution < 1.29 is 9.18 Å². The number of piperidine rings is 1. The molecular weight excluding hydrogens is 405 g/mol. The summed E-state index contributed by atoms with van der Waals surface area (Å²) in [7, 11) is 0. The fourth-order valence-electron chi connectivity index (χ4n) is 3.35. The van der Waals surface area contributed by atoms with E-state index in [4.69, 9.17) is 5.73 Å². The molecule has 2 aromatic carbocycles. The van der Waals surface area contributed by atoms with E-state index < -0.39 is 0 Å². The SMILES string of the molecule is Cc1cc(C)c2sc(N)nc2c1.Cc1cc(F)ccc1SN1CCC(C=O)CC1. The molecule has 2 N–H and O–H groups in total. The monoisotopic (exact) mass is 431 g/mol. The molecule has 1 fully saturated rings. The molecule has 0 spiro atoms. The third-order valence-corrected chi connectivity index (χ3v) is 7.21. The molecule has 4 rings (SSSR count). The molecule has 29 heavy (non-hydrogen) atoms. The van der Waals surface area contributed by atoms with Crippen molar-refractivity contribution in [3.63, 3.8) is 0 Å². The van der Waals surface area contributed by atoms with E-state index in [-0.39, 0.29) is 11.7 Å². The first-order valence-corrected chi connectivity index (χ1v) is 11.2. The van der Waals surface area contributed by atoms with Crippen LogP contribution in [0, 0.1) is 32.5 Å². The molecule has 0 aliphatic carbocycles. The first kappa shape index (κ1) is 21.7. The Labute approximate surface area is 179 Å². The van der Waals surface area contributed by atoms with Gasteiger partial charge in [-0.3, -0.25) is 0 Å². The van der Waals surface area contributed by atoms with Crippen molar-refractivity contribution in [2.24, 2.45) is 5.92 Å². The Morgan fingerprint density at radius 3 is 2.55 bits per heavy atom. The topological polar surface area (TPSA) is 59.2 Å². The number of aldehydes is 1. The maximum Gasteiger partial charge on any atom is 0.181 e. The normalized spacial score (nSPS) is 15.2.